The molecule has 2 aliphatic rings. The summed E-state index contributed by atoms with van der Waals surface area (Å²) in [7, 11) is 0. The maximum Gasteiger partial charge on any atom is 0.325 e. The number of hydrogen-bond donors (Lipinski definition) is 3. The molecular weight excluding hydrogens is 498 g/mol. The molecule has 2 aliphatic heterocycles. The van der Waals surface area contributed by atoms with Gasteiger partial charge in [-0.15, -0.1) is 0 Å². The van der Waals surface area contributed by atoms with E-state index in [1.54, 1.807) is 11.0 Å². The summed E-state index contributed by atoms with van der Waals surface area (Å²) in [5.41, 5.74) is 3.90. The van der Waals surface area contributed by atoms with Crippen LogP contribution >= 0.6 is 0 Å². The zero-order chi connectivity index (χ0) is 27.8. The van der Waals surface area contributed by atoms with Gasteiger partial charge in [-0.1, -0.05) is 38.1 Å². The van der Waals surface area contributed by atoms with Gasteiger partial charge in [0, 0.05) is 31.6 Å². The quantitative estimate of drug-likeness (QED) is 0.315. The van der Waals surface area contributed by atoms with Gasteiger partial charge in [-0.05, 0) is 48.4 Å². The van der Waals surface area contributed by atoms with Crippen LogP contribution in [0.2, 0.25) is 0 Å². The van der Waals surface area contributed by atoms with Gasteiger partial charge < -0.3 is 25.0 Å². The van der Waals surface area contributed by atoms with Crippen LogP contribution in [0.4, 0.5) is 11.4 Å². The van der Waals surface area contributed by atoms with Crippen LogP contribution in [0.3, 0.4) is 0 Å². The van der Waals surface area contributed by atoms with Crippen molar-refractivity contribution in [3.63, 3.8) is 0 Å². The third kappa shape index (κ3) is 8.20. The molecule has 2 aromatic rings. The Kier molecular flexibility index (Phi) is 9.40. The molecule has 0 spiro atoms. The van der Waals surface area contributed by atoms with Crippen molar-refractivity contribution in [2.45, 2.75) is 59.2 Å². The Bertz CT molecular complexity index is 1230. The van der Waals surface area contributed by atoms with Gasteiger partial charge in [0.05, 0.1) is 25.1 Å². The van der Waals surface area contributed by atoms with Crippen LogP contribution in [0.15, 0.2) is 47.5 Å². The van der Waals surface area contributed by atoms with E-state index >= 15 is 0 Å². The van der Waals surface area contributed by atoms with Crippen molar-refractivity contribution in [2.75, 3.05) is 25.1 Å². The monoisotopic (exact) mass is 535 g/mol. The third-order valence-corrected chi connectivity index (χ3v) is 6.33. The second kappa shape index (κ2) is 13.1. The highest BCUT2D eigenvalue weighted by Gasteiger charge is 2.24. The number of benzene rings is 2. The molecule has 0 radical (unpaired) electrons. The second-order valence-corrected chi connectivity index (χ2v) is 10.3. The van der Waals surface area contributed by atoms with Gasteiger partial charge in [0.15, 0.2) is 0 Å². The predicted octanol–water partition coefficient (Wildman–Crippen LogP) is 3.48. The lowest BCUT2D eigenvalue weighted by Crippen LogP contribution is -2.46. The van der Waals surface area contributed by atoms with Crippen LogP contribution in [0.25, 0.3) is 0 Å². The Balaban J connectivity index is 1.26. The number of carbonyl (C=O) groups is 3. The average molecular weight is 536 g/mol. The van der Waals surface area contributed by atoms with Crippen molar-refractivity contribution in [2.24, 2.45) is 10.9 Å². The summed E-state index contributed by atoms with van der Waals surface area (Å²) in [6.07, 6.45) is 2.64. The van der Waals surface area contributed by atoms with Crippen molar-refractivity contribution in [1.29, 1.82) is 0 Å². The van der Waals surface area contributed by atoms with E-state index in [4.69, 9.17) is 9.47 Å². The largest absolute Gasteiger partial charge is 0.494 e. The number of fused-ring (bicyclic) bond motifs is 2. The fourth-order valence-corrected chi connectivity index (χ4v) is 4.43. The van der Waals surface area contributed by atoms with Gasteiger partial charge in [0.25, 0.3) is 0 Å². The minimum absolute atomic E-state index is 0.0162. The van der Waals surface area contributed by atoms with Crippen molar-refractivity contribution >= 4 is 35.1 Å². The molecule has 2 aromatic carbocycles. The first-order chi connectivity index (χ1) is 18.8. The van der Waals surface area contributed by atoms with Crippen LogP contribution in [-0.4, -0.2) is 54.6 Å². The van der Waals surface area contributed by atoms with Crippen molar-refractivity contribution in [3.8, 4) is 5.75 Å². The molecule has 1 unspecified atom stereocenters. The minimum Gasteiger partial charge on any atom is -0.494 e. The molecule has 0 fully saturated rings. The first kappa shape index (κ1) is 27.9. The standard InChI is InChI=1S/C29H37N5O5/c1-19(2)18-39-28(37)17-34-16-22-10-12-23(15-25(22)32-29(34)30-20(3)35)38-14-6-9-27(36)33-26-13-11-21-7-4-5-8-24(21)31-26/h4-5,7-8,10,12,15,19,26,31H,6,9,11,13-14,16-18H2,1-3H3,(H,33,36)(H,30,32,35). The molecule has 0 aliphatic carbocycles. The summed E-state index contributed by atoms with van der Waals surface area (Å²) < 4.78 is 11.2. The number of anilines is 1. The summed E-state index contributed by atoms with van der Waals surface area (Å²) in [5, 5.41) is 9.14. The fourth-order valence-electron chi connectivity index (χ4n) is 4.43. The summed E-state index contributed by atoms with van der Waals surface area (Å²) >= 11 is 0. The number of aliphatic imine (C=N–C) groups is 1. The lowest BCUT2D eigenvalue weighted by Gasteiger charge is -2.29. The molecular formula is C29H37N5O5. The van der Waals surface area contributed by atoms with Gasteiger partial charge in [0.2, 0.25) is 17.8 Å². The third-order valence-electron chi connectivity index (χ3n) is 6.33. The Labute approximate surface area is 229 Å². The second-order valence-electron chi connectivity index (χ2n) is 10.3. The van der Waals surface area contributed by atoms with Crippen LogP contribution in [0.5, 0.6) is 5.75 Å². The summed E-state index contributed by atoms with van der Waals surface area (Å²) in [6.45, 7) is 6.42. The lowest BCUT2D eigenvalue weighted by atomic mass is 10.0. The number of ether oxygens (including phenoxy) is 2. The van der Waals surface area contributed by atoms with E-state index in [9.17, 15) is 14.4 Å². The van der Waals surface area contributed by atoms with Crippen molar-refractivity contribution in [1.82, 2.24) is 15.5 Å². The number of hydrogen-bond acceptors (Lipinski definition) is 8. The van der Waals surface area contributed by atoms with Gasteiger partial charge in [-0.3, -0.25) is 19.7 Å². The van der Waals surface area contributed by atoms with E-state index in [0.29, 0.717) is 50.0 Å². The van der Waals surface area contributed by atoms with E-state index < -0.39 is 0 Å². The summed E-state index contributed by atoms with van der Waals surface area (Å²) in [6, 6.07) is 13.7. The number of amides is 2. The van der Waals surface area contributed by atoms with Crippen LogP contribution in [0.1, 0.15) is 51.2 Å². The number of guanidine groups is 1. The SMILES string of the molecule is CC(=O)NC1=Nc2cc(OCCCC(=O)NC3CCc4ccccc4N3)ccc2CN1CC(=O)OCC(C)C. The van der Waals surface area contributed by atoms with E-state index in [1.165, 1.54) is 12.5 Å². The number of aryl methyl sites for hydroxylation is 1. The predicted molar refractivity (Wildman–Crippen MR) is 149 cm³/mol. The molecule has 1 atom stereocenters. The lowest BCUT2D eigenvalue weighted by molar-refractivity contribution is -0.145. The zero-order valence-electron chi connectivity index (χ0n) is 22.8. The highest BCUT2D eigenvalue weighted by molar-refractivity contribution is 5.99. The topological polar surface area (TPSA) is 121 Å². The zero-order valence-corrected chi connectivity index (χ0v) is 22.8. The molecule has 4 rings (SSSR count). The normalized spacial score (nSPS) is 15.8. The molecule has 39 heavy (non-hydrogen) atoms. The Morgan fingerprint density at radius 1 is 1.15 bits per heavy atom. The van der Waals surface area contributed by atoms with Crippen LogP contribution in [0, 0.1) is 5.92 Å². The first-order valence-corrected chi connectivity index (χ1v) is 13.4. The van der Waals surface area contributed by atoms with Crippen molar-refractivity contribution in [3.05, 3.63) is 53.6 Å². The van der Waals surface area contributed by atoms with E-state index in [-0.39, 0.29) is 36.4 Å². The van der Waals surface area contributed by atoms with Crippen LogP contribution in [-0.2, 0) is 32.1 Å². The Hall–Kier alpha value is -4.08. The molecule has 0 saturated carbocycles. The molecule has 2 amide bonds. The van der Waals surface area contributed by atoms with Gasteiger partial charge in [-0.25, -0.2) is 4.99 Å². The molecule has 3 N–H and O–H groups in total. The van der Waals surface area contributed by atoms with E-state index in [0.717, 1.165) is 24.1 Å². The molecule has 208 valence electrons. The van der Waals surface area contributed by atoms with E-state index in [2.05, 4.69) is 27.0 Å². The molecule has 0 saturated heterocycles. The first-order valence-electron chi connectivity index (χ1n) is 13.4. The molecule has 2 heterocycles. The maximum atomic E-state index is 12.4. The fraction of sp³-hybridized carbons (Fsp3) is 0.448. The number of nitrogens with zero attached hydrogens (tertiary/aromatic N) is 2. The molecule has 0 bridgehead atoms. The number of rotatable bonds is 10. The molecule has 10 nitrogen and oxygen atoms in total. The number of nitrogens with one attached hydrogen (secondary N) is 3. The maximum absolute atomic E-state index is 12.4. The minimum atomic E-state index is -0.377. The summed E-state index contributed by atoms with van der Waals surface area (Å²) in [4.78, 5) is 42.7. The Morgan fingerprint density at radius 3 is 2.77 bits per heavy atom. The molecule has 10 heteroatoms. The van der Waals surface area contributed by atoms with Crippen LogP contribution < -0.4 is 20.7 Å². The van der Waals surface area contributed by atoms with Gasteiger partial charge in [0.1, 0.15) is 12.3 Å². The van der Waals surface area contributed by atoms with Gasteiger partial charge in [-0.2, -0.15) is 0 Å². The van der Waals surface area contributed by atoms with E-state index in [1.807, 2.05) is 44.2 Å². The molecule has 0 aromatic heterocycles. The number of para-hydroxylation sites is 1. The number of carbonyl (C=O) groups excluding carboxylic acids is 3. The number of esters is 1. The summed E-state index contributed by atoms with van der Waals surface area (Å²) in [5.74, 6) is 0.478. The van der Waals surface area contributed by atoms with Crippen molar-refractivity contribution < 1.29 is 23.9 Å². The van der Waals surface area contributed by atoms with Gasteiger partial charge >= 0.3 is 5.97 Å². The highest BCUT2D eigenvalue weighted by Crippen LogP contribution is 2.30. The highest BCUT2D eigenvalue weighted by atomic mass is 16.5. The Morgan fingerprint density at radius 2 is 1.97 bits per heavy atom. The smallest absolute Gasteiger partial charge is 0.325 e. The average Bonchev–Trinajstić information content (AvgIpc) is 2.90.